The molecule has 0 saturated carbocycles. The van der Waals surface area contributed by atoms with Gasteiger partial charge < -0.3 is 10.3 Å². The van der Waals surface area contributed by atoms with Crippen LogP contribution in [0.25, 0.3) is 10.4 Å². The minimum atomic E-state index is -0.254. The van der Waals surface area contributed by atoms with Crippen LogP contribution in [0.15, 0.2) is 64.9 Å². The van der Waals surface area contributed by atoms with E-state index in [2.05, 4.69) is 10.3 Å². The van der Waals surface area contributed by atoms with Crippen LogP contribution in [0, 0.1) is 0 Å². The predicted octanol–water partition coefficient (Wildman–Crippen LogP) is 3.36. The number of nitrogens with one attached hydrogen (secondary N) is 2. The molecular formula is C16H12N2O2S. The number of H-pyrrole nitrogens is 1. The summed E-state index contributed by atoms with van der Waals surface area (Å²) in [5.74, 6) is -0.254. The Hall–Kier alpha value is -2.66. The van der Waals surface area contributed by atoms with Crippen molar-refractivity contribution in [3.05, 3.63) is 76.0 Å². The lowest BCUT2D eigenvalue weighted by Crippen LogP contribution is -2.14. The Labute approximate surface area is 125 Å². The summed E-state index contributed by atoms with van der Waals surface area (Å²) in [5.41, 5.74) is 1.91. The van der Waals surface area contributed by atoms with E-state index in [4.69, 9.17) is 0 Å². The van der Waals surface area contributed by atoms with Crippen LogP contribution in [-0.2, 0) is 0 Å². The fourth-order valence-corrected chi connectivity index (χ4v) is 2.75. The first-order valence-corrected chi connectivity index (χ1v) is 7.25. The molecule has 0 saturated heterocycles. The normalized spacial score (nSPS) is 10.3. The van der Waals surface area contributed by atoms with Gasteiger partial charge in [-0.05, 0) is 23.6 Å². The Morgan fingerprint density at radius 3 is 2.62 bits per heavy atom. The third-order valence-electron chi connectivity index (χ3n) is 3.01. The minimum absolute atomic E-state index is 0.231. The summed E-state index contributed by atoms with van der Waals surface area (Å²) in [6.45, 7) is 0. The smallest absolute Gasteiger partial charge is 0.257 e. The van der Waals surface area contributed by atoms with Crippen molar-refractivity contribution >= 4 is 22.9 Å². The van der Waals surface area contributed by atoms with Gasteiger partial charge in [0.25, 0.3) is 5.91 Å². The fraction of sp³-hybridized carbons (Fsp3) is 0. The Bertz CT molecular complexity index is 802. The van der Waals surface area contributed by atoms with Crippen molar-refractivity contribution in [1.29, 1.82) is 0 Å². The number of amides is 1. The molecule has 0 atom stereocenters. The lowest BCUT2D eigenvalue weighted by molar-refractivity contribution is 0.102. The molecule has 0 aliphatic rings. The number of rotatable bonds is 3. The molecule has 0 unspecified atom stereocenters. The van der Waals surface area contributed by atoms with Gasteiger partial charge in [0.05, 0.1) is 5.56 Å². The minimum Gasteiger partial charge on any atom is -0.328 e. The second-order valence-electron chi connectivity index (χ2n) is 4.42. The summed E-state index contributed by atoms with van der Waals surface area (Å²) in [4.78, 5) is 26.8. The molecule has 0 spiro atoms. The first-order chi connectivity index (χ1) is 10.2. The van der Waals surface area contributed by atoms with Gasteiger partial charge in [0, 0.05) is 28.4 Å². The van der Waals surface area contributed by atoms with Crippen molar-refractivity contribution in [1.82, 2.24) is 4.98 Å². The highest BCUT2D eigenvalue weighted by Crippen LogP contribution is 2.31. The van der Waals surface area contributed by atoms with E-state index >= 15 is 0 Å². The maximum absolute atomic E-state index is 12.2. The number of aromatic amines is 1. The molecule has 5 heteroatoms. The summed E-state index contributed by atoms with van der Waals surface area (Å²) in [7, 11) is 0. The Morgan fingerprint density at radius 2 is 1.90 bits per heavy atom. The lowest BCUT2D eigenvalue weighted by Gasteiger charge is -2.09. The predicted molar refractivity (Wildman–Crippen MR) is 84.8 cm³/mol. The average molecular weight is 296 g/mol. The molecule has 1 aromatic carbocycles. The number of thiophene rings is 1. The van der Waals surface area contributed by atoms with Crippen LogP contribution in [0.3, 0.4) is 0 Å². The molecule has 2 aromatic heterocycles. The molecule has 3 aromatic rings. The molecule has 0 bridgehead atoms. The first-order valence-electron chi connectivity index (χ1n) is 6.37. The van der Waals surface area contributed by atoms with Crippen molar-refractivity contribution < 1.29 is 4.79 Å². The van der Waals surface area contributed by atoms with Crippen LogP contribution in [0.4, 0.5) is 5.69 Å². The van der Waals surface area contributed by atoms with Crippen LogP contribution in [0.2, 0.25) is 0 Å². The van der Waals surface area contributed by atoms with Crippen molar-refractivity contribution in [2.45, 2.75) is 0 Å². The van der Waals surface area contributed by atoms with Crippen molar-refractivity contribution in [3.63, 3.8) is 0 Å². The van der Waals surface area contributed by atoms with E-state index in [1.807, 2.05) is 41.8 Å². The summed E-state index contributed by atoms with van der Waals surface area (Å²) >= 11 is 1.62. The number of benzene rings is 1. The van der Waals surface area contributed by atoms with E-state index in [9.17, 15) is 9.59 Å². The van der Waals surface area contributed by atoms with Gasteiger partial charge in [-0.3, -0.25) is 9.59 Å². The van der Waals surface area contributed by atoms with Gasteiger partial charge in [-0.1, -0.05) is 24.3 Å². The fourth-order valence-electron chi connectivity index (χ4n) is 1.99. The number of hydrogen-bond donors (Lipinski definition) is 2. The van der Waals surface area contributed by atoms with Gasteiger partial charge in [-0.25, -0.2) is 0 Å². The number of pyridine rings is 1. The van der Waals surface area contributed by atoms with Crippen LogP contribution in [-0.4, -0.2) is 10.9 Å². The lowest BCUT2D eigenvalue weighted by atomic mass is 10.1. The Morgan fingerprint density at radius 1 is 1.05 bits per heavy atom. The maximum atomic E-state index is 12.2. The molecular weight excluding hydrogens is 284 g/mol. The molecule has 2 heterocycles. The number of carbonyl (C=O) groups excluding carboxylic acids is 1. The highest BCUT2D eigenvalue weighted by molar-refractivity contribution is 7.13. The van der Waals surface area contributed by atoms with Crippen molar-refractivity contribution in [3.8, 4) is 10.4 Å². The SMILES string of the molecule is O=C(Nc1ccccc1-c1cccs1)c1ccc(=O)[nH]c1. The van der Waals surface area contributed by atoms with Gasteiger partial charge in [-0.2, -0.15) is 0 Å². The zero-order valence-corrected chi connectivity index (χ0v) is 11.8. The molecule has 0 radical (unpaired) electrons. The molecule has 21 heavy (non-hydrogen) atoms. The summed E-state index contributed by atoms with van der Waals surface area (Å²) in [6.07, 6.45) is 1.41. The number of aromatic nitrogens is 1. The van der Waals surface area contributed by atoms with Gasteiger partial charge in [-0.15, -0.1) is 11.3 Å². The van der Waals surface area contributed by atoms with Gasteiger partial charge >= 0.3 is 0 Å². The second kappa shape index (κ2) is 5.76. The monoisotopic (exact) mass is 296 g/mol. The highest BCUT2D eigenvalue weighted by Gasteiger charge is 2.10. The number of carbonyl (C=O) groups is 1. The van der Waals surface area contributed by atoms with Crippen LogP contribution >= 0.6 is 11.3 Å². The van der Waals surface area contributed by atoms with Crippen molar-refractivity contribution in [2.75, 3.05) is 5.32 Å². The number of hydrogen-bond acceptors (Lipinski definition) is 3. The zero-order chi connectivity index (χ0) is 14.7. The maximum Gasteiger partial charge on any atom is 0.257 e. The van der Waals surface area contributed by atoms with E-state index in [1.54, 1.807) is 11.3 Å². The van der Waals surface area contributed by atoms with E-state index in [-0.39, 0.29) is 11.5 Å². The largest absolute Gasteiger partial charge is 0.328 e. The highest BCUT2D eigenvalue weighted by atomic mass is 32.1. The molecule has 4 nitrogen and oxygen atoms in total. The van der Waals surface area contributed by atoms with Gasteiger partial charge in [0.1, 0.15) is 0 Å². The number of anilines is 1. The standard InChI is InChI=1S/C16H12N2O2S/c19-15-8-7-11(10-17-15)16(20)18-13-5-2-1-4-12(13)14-6-3-9-21-14/h1-10H,(H,17,19)(H,18,20). The van der Waals surface area contributed by atoms with Crippen LogP contribution in [0.5, 0.6) is 0 Å². The molecule has 0 aliphatic carbocycles. The van der Waals surface area contributed by atoms with E-state index in [0.29, 0.717) is 5.56 Å². The third kappa shape index (κ3) is 2.93. The number of para-hydroxylation sites is 1. The van der Waals surface area contributed by atoms with E-state index in [0.717, 1.165) is 16.1 Å². The molecule has 104 valence electrons. The zero-order valence-electron chi connectivity index (χ0n) is 11.0. The molecule has 2 N–H and O–H groups in total. The Balaban J connectivity index is 1.90. The average Bonchev–Trinajstić information content (AvgIpc) is 3.02. The molecule has 3 rings (SSSR count). The van der Waals surface area contributed by atoms with Gasteiger partial charge in [0.2, 0.25) is 5.56 Å². The van der Waals surface area contributed by atoms with Crippen LogP contribution < -0.4 is 10.9 Å². The summed E-state index contributed by atoms with van der Waals surface area (Å²) in [5, 5.41) is 4.88. The summed E-state index contributed by atoms with van der Waals surface area (Å²) < 4.78 is 0. The van der Waals surface area contributed by atoms with Crippen LogP contribution in [0.1, 0.15) is 10.4 Å². The quantitative estimate of drug-likeness (QED) is 0.778. The second-order valence-corrected chi connectivity index (χ2v) is 5.37. The first kappa shape index (κ1) is 13.3. The van der Waals surface area contributed by atoms with Gasteiger partial charge in [0.15, 0.2) is 0 Å². The molecule has 0 aliphatic heterocycles. The molecule has 1 amide bonds. The third-order valence-corrected chi connectivity index (χ3v) is 3.91. The molecule has 0 fully saturated rings. The van der Waals surface area contributed by atoms with E-state index < -0.39 is 0 Å². The summed E-state index contributed by atoms with van der Waals surface area (Å²) in [6, 6.07) is 14.5. The topological polar surface area (TPSA) is 62.0 Å². The Kier molecular flexibility index (Phi) is 3.66. The van der Waals surface area contributed by atoms with Crippen molar-refractivity contribution in [2.24, 2.45) is 0 Å². The van der Waals surface area contributed by atoms with E-state index in [1.165, 1.54) is 18.3 Å².